The maximum atomic E-state index is 13.5. The SMILES string of the molecule is C[C@@H]1CN([C@H](C)CO)C(=O)Cc2cc(NC(=O)NC3CCCCC3)ccc2O[C@@H]1CN(C)Cc1ccc2c(c1)OCO2. The number of hydrogen-bond acceptors (Lipinski definition) is 7. The van der Waals surface area contributed by atoms with Crippen molar-refractivity contribution in [2.45, 2.75) is 77.1 Å². The van der Waals surface area contributed by atoms with E-state index in [0.29, 0.717) is 36.6 Å². The van der Waals surface area contributed by atoms with E-state index in [2.05, 4.69) is 22.5 Å². The number of urea groups is 1. The molecule has 0 saturated heterocycles. The second-order valence-electron chi connectivity index (χ2n) is 12.0. The summed E-state index contributed by atoms with van der Waals surface area (Å²) in [7, 11) is 2.05. The van der Waals surface area contributed by atoms with Crippen LogP contribution in [0.3, 0.4) is 0 Å². The number of amides is 3. The van der Waals surface area contributed by atoms with Gasteiger partial charge in [-0.15, -0.1) is 0 Å². The van der Waals surface area contributed by atoms with Crippen LogP contribution in [0.25, 0.3) is 0 Å². The first-order chi connectivity index (χ1) is 20.3. The number of likely N-dealkylation sites (N-methyl/N-ethyl adjacent to an activating group) is 1. The molecule has 3 atom stereocenters. The molecule has 3 amide bonds. The summed E-state index contributed by atoms with van der Waals surface area (Å²) in [5.41, 5.74) is 2.43. The lowest BCUT2D eigenvalue weighted by molar-refractivity contribution is -0.134. The Morgan fingerprint density at radius 3 is 2.64 bits per heavy atom. The third-order valence-electron chi connectivity index (χ3n) is 8.50. The number of hydrogen-bond donors (Lipinski definition) is 3. The monoisotopic (exact) mass is 580 g/mol. The summed E-state index contributed by atoms with van der Waals surface area (Å²) in [5.74, 6) is 2.06. The second kappa shape index (κ2) is 13.6. The molecule has 2 aromatic carbocycles. The Kier molecular flexibility index (Phi) is 9.74. The van der Waals surface area contributed by atoms with E-state index < -0.39 is 0 Å². The molecule has 1 aliphatic carbocycles. The number of carbonyl (C=O) groups is 2. The first kappa shape index (κ1) is 30.0. The van der Waals surface area contributed by atoms with Crippen molar-refractivity contribution in [3.8, 4) is 17.2 Å². The molecule has 10 nitrogen and oxygen atoms in total. The van der Waals surface area contributed by atoms with Gasteiger partial charge in [0.05, 0.1) is 19.1 Å². The van der Waals surface area contributed by atoms with Gasteiger partial charge in [0.2, 0.25) is 12.7 Å². The number of benzene rings is 2. The average molecular weight is 581 g/mol. The molecule has 0 aromatic heterocycles. The van der Waals surface area contributed by atoms with Crippen molar-refractivity contribution in [3.63, 3.8) is 0 Å². The fourth-order valence-corrected chi connectivity index (χ4v) is 6.05. The minimum absolute atomic E-state index is 0.00724. The smallest absolute Gasteiger partial charge is 0.319 e. The van der Waals surface area contributed by atoms with Crippen LogP contribution < -0.4 is 24.8 Å². The van der Waals surface area contributed by atoms with Crippen LogP contribution in [0.4, 0.5) is 10.5 Å². The van der Waals surface area contributed by atoms with Gasteiger partial charge in [0, 0.05) is 42.8 Å². The van der Waals surface area contributed by atoms with E-state index in [0.717, 1.165) is 42.7 Å². The van der Waals surface area contributed by atoms with Gasteiger partial charge in [-0.25, -0.2) is 4.79 Å². The van der Waals surface area contributed by atoms with Crippen molar-refractivity contribution in [1.29, 1.82) is 0 Å². The van der Waals surface area contributed by atoms with Crippen molar-refractivity contribution in [1.82, 2.24) is 15.1 Å². The molecule has 42 heavy (non-hydrogen) atoms. The number of ether oxygens (including phenoxy) is 3. The molecule has 5 rings (SSSR count). The fraction of sp³-hybridized carbons (Fsp3) is 0.562. The van der Waals surface area contributed by atoms with Crippen LogP contribution in [0.15, 0.2) is 36.4 Å². The molecule has 0 spiro atoms. The summed E-state index contributed by atoms with van der Waals surface area (Å²) >= 11 is 0. The lowest BCUT2D eigenvalue weighted by Crippen LogP contribution is -2.47. The van der Waals surface area contributed by atoms with Crippen LogP contribution in [-0.2, 0) is 17.8 Å². The van der Waals surface area contributed by atoms with Gasteiger partial charge < -0.3 is 34.9 Å². The van der Waals surface area contributed by atoms with Crippen molar-refractivity contribution in [2.75, 3.05) is 38.9 Å². The minimum Gasteiger partial charge on any atom is -0.488 e. The number of aliphatic hydroxyl groups is 1. The van der Waals surface area contributed by atoms with Gasteiger partial charge in [0.25, 0.3) is 0 Å². The highest BCUT2D eigenvalue weighted by molar-refractivity contribution is 5.90. The topological polar surface area (TPSA) is 113 Å². The van der Waals surface area contributed by atoms with Gasteiger partial charge in [0.15, 0.2) is 11.5 Å². The lowest BCUT2D eigenvalue weighted by atomic mass is 9.96. The highest BCUT2D eigenvalue weighted by Gasteiger charge is 2.31. The summed E-state index contributed by atoms with van der Waals surface area (Å²) < 4.78 is 17.6. The standard InChI is InChI=1S/C32H44N4O6/c1-21-16-36(22(2)19-37)31(38)15-24-14-26(34-32(39)33-25-7-5-4-6-8-25)10-12-27(24)42-30(21)18-35(3)17-23-9-11-28-29(13-23)41-20-40-28/h9-14,21-22,25,30,37H,4-8,15-20H2,1-3H3,(H2,33,34,39)/t21-,22-,30-/m1/s1. The summed E-state index contributed by atoms with van der Waals surface area (Å²) in [6.07, 6.45) is 5.39. The Morgan fingerprint density at radius 1 is 1.10 bits per heavy atom. The molecule has 3 N–H and O–H groups in total. The van der Waals surface area contributed by atoms with E-state index in [-0.39, 0.29) is 55.9 Å². The van der Waals surface area contributed by atoms with Gasteiger partial charge >= 0.3 is 6.03 Å². The van der Waals surface area contributed by atoms with Crippen LogP contribution in [-0.4, -0.2) is 78.6 Å². The number of nitrogens with zero attached hydrogens (tertiary/aromatic N) is 2. The van der Waals surface area contributed by atoms with E-state index in [1.54, 1.807) is 4.90 Å². The number of anilines is 1. The fourth-order valence-electron chi connectivity index (χ4n) is 6.05. The van der Waals surface area contributed by atoms with E-state index in [4.69, 9.17) is 14.2 Å². The van der Waals surface area contributed by atoms with Gasteiger partial charge in [-0.3, -0.25) is 9.69 Å². The van der Waals surface area contributed by atoms with E-state index in [1.807, 2.05) is 50.4 Å². The Bertz CT molecular complexity index is 1250. The number of carbonyl (C=O) groups excluding carboxylic acids is 2. The molecule has 2 heterocycles. The molecule has 1 fully saturated rings. The third-order valence-corrected chi connectivity index (χ3v) is 8.50. The van der Waals surface area contributed by atoms with Crippen LogP contribution in [0.1, 0.15) is 57.1 Å². The zero-order valence-corrected chi connectivity index (χ0v) is 24.9. The van der Waals surface area contributed by atoms with Crippen molar-refractivity contribution >= 4 is 17.6 Å². The molecule has 2 aliphatic heterocycles. The minimum atomic E-state index is -0.323. The third kappa shape index (κ3) is 7.46. The van der Waals surface area contributed by atoms with Crippen molar-refractivity contribution in [2.24, 2.45) is 5.92 Å². The predicted molar refractivity (Wildman–Crippen MR) is 160 cm³/mol. The Labute approximate surface area is 248 Å². The normalized spacial score (nSPS) is 21.5. The van der Waals surface area contributed by atoms with Crippen LogP contribution in [0.5, 0.6) is 17.2 Å². The Hall–Kier alpha value is -3.50. The molecule has 0 bridgehead atoms. The number of aliphatic hydroxyl groups excluding tert-OH is 1. The van der Waals surface area contributed by atoms with Gasteiger partial charge in [-0.2, -0.15) is 0 Å². The lowest BCUT2D eigenvalue weighted by Gasteiger charge is -2.34. The van der Waals surface area contributed by atoms with E-state index >= 15 is 0 Å². The maximum absolute atomic E-state index is 13.5. The highest BCUT2D eigenvalue weighted by Crippen LogP contribution is 2.33. The molecule has 0 radical (unpaired) electrons. The van der Waals surface area contributed by atoms with E-state index in [9.17, 15) is 14.7 Å². The predicted octanol–water partition coefficient (Wildman–Crippen LogP) is 4.15. The van der Waals surface area contributed by atoms with Crippen molar-refractivity contribution in [3.05, 3.63) is 47.5 Å². The summed E-state index contributed by atoms with van der Waals surface area (Å²) in [5, 5.41) is 16.0. The zero-order valence-electron chi connectivity index (χ0n) is 24.9. The molecule has 2 aromatic rings. The molecular formula is C32H44N4O6. The summed E-state index contributed by atoms with van der Waals surface area (Å²) in [6.45, 7) is 5.83. The molecule has 0 unspecified atom stereocenters. The zero-order chi connectivity index (χ0) is 29.6. The second-order valence-corrected chi connectivity index (χ2v) is 12.0. The van der Waals surface area contributed by atoms with Gasteiger partial charge in [0.1, 0.15) is 11.9 Å². The van der Waals surface area contributed by atoms with Crippen LogP contribution >= 0.6 is 0 Å². The largest absolute Gasteiger partial charge is 0.488 e. The first-order valence-corrected chi connectivity index (χ1v) is 15.1. The van der Waals surface area contributed by atoms with E-state index in [1.165, 1.54) is 6.42 Å². The Morgan fingerprint density at radius 2 is 1.86 bits per heavy atom. The first-order valence-electron chi connectivity index (χ1n) is 15.1. The quantitative estimate of drug-likeness (QED) is 0.430. The maximum Gasteiger partial charge on any atom is 0.319 e. The molecule has 10 heteroatoms. The Balaban J connectivity index is 1.33. The molecule has 1 saturated carbocycles. The number of rotatable bonds is 8. The summed E-state index contributed by atoms with van der Waals surface area (Å²) in [6, 6.07) is 11.1. The van der Waals surface area contributed by atoms with Crippen LogP contribution in [0.2, 0.25) is 0 Å². The van der Waals surface area contributed by atoms with Crippen LogP contribution in [0, 0.1) is 5.92 Å². The average Bonchev–Trinajstić information content (AvgIpc) is 3.45. The number of nitrogens with one attached hydrogen (secondary N) is 2. The van der Waals surface area contributed by atoms with Crippen molar-refractivity contribution < 1.29 is 28.9 Å². The summed E-state index contributed by atoms with van der Waals surface area (Å²) in [4.78, 5) is 30.2. The van der Waals surface area contributed by atoms with Gasteiger partial charge in [-0.1, -0.05) is 32.3 Å². The molecule has 228 valence electrons. The highest BCUT2D eigenvalue weighted by atomic mass is 16.7. The number of fused-ring (bicyclic) bond motifs is 2. The van der Waals surface area contributed by atoms with Gasteiger partial charge in [-0.05, 0) is 62.7 Å². The molecule has 3 aliphatic rings. The molecular weight excluding hydrogens is 536 g/mol.